The molecule has 0 radical (unpaired) electrons. The predicted octanol–water partition coefficient (Wildman–Crippen LogP) is 5.45. The molecule has 1 N–H and O–H groups in total. The van der Waals surface area contributed by atoms with Gasteiger partial charge >= 0.3 is 0 Å². The average molecular weight is 491 g/mol. The van der Waals surface area contributed by atoms with Crippen molar-refractivity contribution in [2.24, 2.45) is 0 Å². The number of imidazole rings is 1. The van der Waals surface area contributed by atoms with Crippen LogP contribution in [-0.2, 0) is 11.3 Å². The molecule has 1 saturated heterocycles. The quantitative estimate of drug-likeness (QED) is 0.413. The van der Waals surface area contributed by atoms with E-state index in [0.717, 1.165) is 47.5 Å². The van der Waals surface area contributed by atoms with E-state index in [-0.39, 0.29) is 23.9 Å². The highest BCUT2D eigenvalue weighted by molar-refractivity contribution is 7.07. The number of piperidine rings is 1. The molecule has 0 saturated carbocycles. The second-order valence-electron chi connectivity index (χ2n) is 9.32. The monoisotopic (exact) mass is 490 g/mol. The maximum absolute atomic E-state index is 13.7. The van der Waals surface area contributed by atoms with Crippen LogP contribution in [0.1, 0.15) is 48.4 Å². The van der Waals surface area contributed by atoms with Crippen LogP contribution in [0.5, 0.6) is 5.75 Å². The summed E-state index contributed by atoms with van der Waals surface area (Å²) in [6.45, 7) is 2.30. The summed E-state index contributed by atoms with van der Waals surface area (Å²) < 4.78 is 20.1. The molecule has 4 heterocycles. The van der Waals surface area contributed by atoms with Crippen LogP contribution in [0.15, 0.2) is 59.3 Å². The highest BCUT2D eigenvalue weighted by Gasteiger charge is 2.33. The minimum absolute atomic E-state index is 0.0878. The predicted molar refractivity (Wildman–Crippen MR) is 134 cm³/mol. The summed E-state index contributed by atoms with van der Waals surface area (Å²) in [6, 6.07) is 14.6. The van der Waals surface area contributed by atoms with Gasteiger partial charge in [-0.3, -0.25) is 9.69 Å². The van der Waals surface area contributed by atoms with Gasteiger partial charge in [0.2, 0.25) is 5.91 Å². The van der Waals surface area contributed by atoms with Crippen LogP contribution in [0.3, 0.4) is 0 Å². The Kier molecular flexibility index (Phi) is 6.00. The fourth-order valence-electron chi connectivity index (χ4n) is 5.19. The van der Waals surface area contributed by atoms with Crippen molar-refractivity contribution >= 4 is 28.3 Å². The molecule has 2 aromatic carbocycles. The number of hydrogen-bond acceptors (Lipinski definition) is 5. The Morgan fingerprint density at radius 2 is 2.11 bits per heavy atom. The van der Waals surface area contributed by atoms with E-state index in [1.807, 2.05) is 23.1 Å². The van der Waals surface area contributed by atoms with E-state index < -0.39 is 0 Å². The summed E-state index contributed by atoms with van der Waals surface area (Å²) in [6.07, 6.45) is 2.73. The second-order valence-corrected chi connectivity index (χ2v) is 10.1. The number of benzene rings is 2. The number of ether oxygens (including phenoxy) is 1. The van der Waals surface area contributed by atoms with Crippen LogP contribution in [0.2, 0.25) is 0 Å². The first kappa shape index (κ1) is 22.2. The van der Waals surface area contributed by atoms with Gasteiger partial charge in [0.25, 0.3) is 0 Å². The molecule has 2 aliphatic rings. The minimum atomic E-state index is -0.298. The van der Waals surface area contributed by atoms with Crippen molar-refractivity contribution in [3.63, 3.8) is 0 Å². The number of rotatable bonds is 4. The van der Waals surface area contributed by atoms with E-state index in [1.54, 1.807) is 17.4 Å². The van der Waals surface area contributed by atoms with Gasteiger partial charge in [0.1, 0.15) is 23.5 Å². The molecule has 1 fully saturated rings. The lowest BCUT2D eigenvalue weighted by Crippen LogP contribution is -2.45. The number of likely N-dealkylation sites (tertiary alicyclic amines) is 1. The molecular formula is C27H27FN4O2S. The maximum atomic E-state index is 13.7. The molecule has 0 bridgehead atoms. The Morgan fingerprint density at radius 1 is 1.20 bits per heavy atom. The molecule has 0 aliphatic carbocycles. The van der Waals surface area contributed by atoms with Crippen LogP contribution < -0.4 is 4.74 Å². The fourth-order valence-corrected chi connectivity index (χ4v) is 5.89. The number of para-hydroxylation sites is 1. The van der Waals surface area contributed by atoms with Crippen molar-refractivity contribution in [3.8, 4) is 5.75 Å². The summed E-state index contributed by atoms with van der Waals surface area (Å²) in [5, 5.41) is 4.17. The van der Waals surface area contributed by atoms with Gasteiger partial charge in [0.05, 0.1) is 23.6 Å². The van der Waals surface area contributed by atoms with E-state index in [4.69, 9.17) is 9.72 Å². The lowest BCUT2D eigenvalue weighted by molar-refractivity contribution is -0.136. The minimum Gasteiger partial charge on any atom is -0.484 e. The number of fused-ring (bicyclic) bond motifs is 2. The molecule has 2 unspecified atom stereocenters. The third kappa shape index (κ3) is 4.56. The zero-order valence-corrected chi connectivity index (χ0v) is 20.1. The molecule has 6 nitrogen and oxygen atoms in total. The standard InChI is InChI=1S/C27H27FN4O2S/c28-20-8-9-21-22(13-20)30-27(29-21)23-6-3-4-11-32(23)26(33)16-31-14-18-5-1-2-7-24(18)34-25(15-31)19-10-12-35-17-19/h1-2,5,7-10,12-13,17,23,25H,3-4,6,11,14-16H2,(H,29,30). The highest BCUT2D eigenvalue weighted by Crippen LogP contribution is 2.34. The van der Waals surface area contributed by atoms with E-state index in [0.29, 0.717) is 31.7 Å². The maximum Gasteiger partial charge on any atom is 0.237 e. The summed E-state index contributed by atoms with van der Waals surface area (Å²) in [5.41, 5.74) is 3.61. The third-order valence-electron chi connectivity index (χ3n) is 6.93. The molecule has 2 aromatic heterocycles. The Hall–Kier alpha value is -3.23. The van der Waals surface area contributed by atoms with Gasteiger partial charge in [0.15, 0.2) is 0 Å². The summed E-state index contributed by atoms with van der Waals surface area (Å²) in [5.74, 6) is 1.40. The molecular weight excluding hydrogens is 463 g/mol. The molecule has 35 heavy (non-hydrogen) atoms. The van der Waals surface area contributed by atoms with Crippen LogP contribution >= 0.6 is 11.3 Å². The number of hydrogen-bond donors (Lipinski definition) is 1. The molecule has 1 amide bonds. The SMILES string of the molecule is O=C(CN1Cc2ccccc2OC(c2ccsc2)C1)N1CCCCC1c1nc2ccc(F)cc2[nH]1. The van der Waals surface area contributed by atoms with Crippen molar-refractivity contribution in [1.29, 1.82) is 0 Å². The molecule has 6 rings (SSSR count). The number of aromatic nitrogens is 2. The van der Waals surface area contributed by atoms with Crippen LogP contribution in [0.4, 0.5) is 4.39 Å². The number of aromatic amines is 1. The van der Waals surface area contributed by atoms with E-state index in [9.17, 15) is 9.18 Å². The van der Waals surface area contributed by atoms with Gasteiger partial charge in [-0.05, 0) is 60.4 Å². The Bertz CT molecular complexity index is 1340. The van der Waals surface area contributed by atoms with Crippen molar-refractivity contribution in [1.82, 2.24) is 19.8 Å². The van der Waals surface area contributed by atoms with E-state index >= 15 is 0 Å². The summed E-state index contributed by atoms with van der Waals surface area (Å²) in [4.78, 5) is 25.8. The third-order valence-corrected chi connectivity index (χ3v) is 7.64. The average Bonchev–Trinajstić information content (AvgIpc) is 3.51. The first-order valence-corrected chi connectivity index (χ1v) is 13.0. The number of nitrogens with zero attached hydrogens (tertiary/aromatic N) is 3. The van der Waals surface area contributed by atoms with E-state index in [2.05, 4.69) is 32.8 Å². The molecule has 4 aromatic rings. The van der Waals surface area contributed by atoms with Gasteiger partial charge in [-0.2, -0.15) is 11.3 Å². The Balaban J connectivity index is 1.24. The topological polar surface area (TPSA) is 61.5 Å². The number of amides is 1. The number of H-pyrrole nitrogens is 1. The summed E-state index contributed by atoms with van der Waals surface area (Å²) in [7, 11) is 0. The number of carbonyl (C=O) groups is 1. The lowest BCUT2D eigenvalue weighted by atomic mass is 10.0. The van der Waals surface area contributed by atoms with Crippen LogP contribution in [0, 0.1) is 5.82 Å². The number of thiophene rings is 1. The molecule has 2 aliphatic heterocycles. The lowest BCUT2D eigenvalue weighted by Gasteiger charge is -2.36. The molecule has 8 heteroatoms. The van der Waals surface area contributed by atoms with E-state index in [1.165, 1.54) is 12.1 Å². The van der Waals surface area contributed by atoms with Crippen LogP contribution in [0.25, 0.3) is 11.0 Å². The zero-order valence-electron chi connectivity index (χ0n) is 19.3. The van der Waals surface area contributed by atoms with Crippen LogP contribution in [-0.4, -0.2) is 45.3 Å². The molecule has 0 spiro atoms. The highest BCUT2D eigenvalue weighted by atomic mass is 32.1. The molecule has 2 atom stereocenters. The molecule has 180 valence electrons. The van der Waals surface area contributed by atoms with Crippen molar-refractivity contribution in [3.05, 3.63) is 82.1 Å². The fraction of sp³-hybridized carbons (Fsp3) is 0.333. The second kappa shape index (κ2) is 9.43. The van der Waals surface area contributed by atoms with Gasteiger partial charge < -0.3 is 14.6 Å². The number of carbonyl (C=O) groups excluding carboxylic acids is 1. The van der Waals surface area contributed by atoms with Gasteiger partial charge in [0, 0.05) is 30.8 Å². The Morgan fingerprint density at radius 3 is 3.00 bits per heavy atom. The van der Waals surface area contributed by atoms with Crippen molar-refractivity contribution in [2.45, 2.75) is 38.0 Å². The number of halogens is 1. The van der Waals surface area contributed by atoms with Gasteiger partial charge in [-0.15, -0.1) is 0 Å². The van der Waals surface area contributed by atoms with Crippen molar-refractivity contribution in [2.75, 3.05) is 19.6 Å². The normalized spacial score (nSPS) is 20.9. The summed E-state index contributed by atoms with van der Waals surface area (Å²) >= 11 is 1.65. The zero-order chi connectivity index (χ0) is 23.8. The first-order valence-electron chi connectivity index (χ1n) is 12.1. The van der Waals surface area contributed by atoms with Crippen molar-refractivity contribution < 1.29 is 13.9 Å². The largest absolute Gasteiger partial charge is 0.484 e. The Labute approximate surface area is 207 Å². The first-order chi connectivity index (χ1) is 17.1. The van der Waals surface area contributed by atoms with Gasteiger partial charge in [-0.1, -0.05) is 18.2 Å². The van der Waals surface area contributed by atoms with Gasteiger partial charge in [-0.25, -0.2) is 9.37 Å². The number of nitrogens with one attached hydrogen (secondary N) is 1. The smallest absolute Gasteiger partial charge is 0.237 e.